The molecule has 4 aromatic carbocycles. The van der Waals surface area contributed by atoms with E-state index in [1.165, 1.54) is 39.2 Å². The molecule has 0 nitrogen and oxygen atoms in total. The Morgan fingerprint density at radius 3 is 2.00 bits per heavy atom. The Morgan fingerprint density at radius 1 is 0.706 bits per heavy atom. The minimum absolute atomic E-state index is 0.537. The number of fused-ring (bicyclic) bond motifs is 6. The highest BCUT2D eigenvalue weighted by atomic mass is 28.2. The second kappa shape index (κ2) is 8.75. The van der Waals surface area contributed by atoms with E-state index in [2.05, 4.69) is 100 Å². The largest absolute Gasteiger partial charge is 0.452 e. The lowest BCUT2D eigenvalue weighted by molar-refractivity contribution is 1.20. The molecule has 0 aromatic heterocycles. The van der Waals surface area contributed by atoms with E-state index in [0.717, 1.165) is 6.42 Å². The summed E-state index contributed by atoms with van der Waals surface area (Å²) in [5.74, 6) is 0. The fourth-order valence-corrected chi connectivity index (χ4v) is 11.5. The predicted octanol–water partition coefficient (Wildman–Crippen LogP) is 8.07. The van der Waals surface area contributed by atoms with Crippen LogP contribution in [0.5, 0.6) is 0 Å². The van der Waals surface area contributed by atoms with Gasteiger partial charge in [0.05, 0.1) is 0 Å². The van der Waals surface area contributed by atoms with Crippen LogP contribution in [0, 0.1) is 0 Å². The number of hydrogen-bond donors (Lipinski definition) is 0. The van der Waals surface area contributed by atoms with Gasteiger partial charge in [-0.1, -0.05) is 97.8 Å². The molecule has 0 saturated carbocycles. The van der Waals surface area contributed by atoms with Gasteiger partial charge in [0, 0.05) is 8.41 Å². The Labute approximate surface area is 214 Å². The van der Waals surface area contributed by atoms with Crippen molar-refractivity contribution in [3.8, 4) is 0 Å². The van der Waals surface area contributed by atoms with Gasteiger partial charge in [-0.15, -0.1) is 0 Å². The van der Waals surface area contributed by atoms with E-state index in [1.807, 2.05) is 0 Å². The standard InChI is InChI=1S/C18H19Si.C14H11.Mg/c1-4-19(5-2)18-13(3)12-17-15-9-7-6-8-14(15)10-11-16(17)18;1-10-8-12-7-6-11-4-2-3-5-13(11)14(12)9-10;/h6-11H,4-5H2,1-3H3;2-7H,8H2,1H3;. The minimum atomic E-state index is -0.649. The van der Waals surface area contributed by atoms with E-state index < -0.39 is 28.8 Å². The van der Waals surface area contributed by atoms with E-state index in [0.29, 0.717) is 0 Å². The summed E-state index contributed by atoms with van der Waals surface area (Å²) in [6, 6.07) is 30.2. The van der Waals surface area contributed by atoms with Gasteiger partial charge >= 0.3 is 20.4 Å². The minimum Gasteiger partial charge on any atom is -0.158 e. The van der Waals surface area contributed by atoms with Crippen molar-refractivity contribution in [2.45, 2.75) is 46.2 Å². The quantitative estimate of drug-likeness (QED) is 0.267. The highest BCUT2D eigenvalue weighted by molar-refractivity contribution is 6.86. The van der Waals surface area contributed by atoms with Crippen LogP contribution in [0.1, 0.15) is 49.9 Å². The van der Waals surface area contributed by atoms with Crippen molar-refractivity contribution in [1.29, 1.82) is 0 Å². The molecule has 0 amide bonds. The van der Waals surface area contributed by atoms with Gasteiger partial charge in [0.15, 0.2) is 0 Å². The first-order valence-corrected chi connectivity index (χ1v) is 16.1. The second-order valence-electron chi connectivity index (χ2n) is 9.93. The van der Waals surface area contributed by atoms with Gasteiger partial charge in [0.25, 0.3) is 0 Å². The average Bonchev–Trinajstić information content (AvgIpc) is 3.34. The van der Waals surface area contributed by atoms with Gasteiger partial charge in [0.1, 0.15) is 0 Å². The van der Waals surface area contributed by atoms with Crippen molar-refractivity contribution >= 4 is 62.9 Å². The van der Waals surface area contributed by atoms with Crippen LogP contribution >= 0.6 is 0 Å². The molecule has 0 atom stereocenters. The Kier molecular flexibility index (Phi) is 5.71. The molecule has 2 aliphatic rings. The summed E-state index contributed by atoms with van der Waals surface area (Å²) in [5.41, 5.74) is 9.47. The Balaban J connectivity index is 1.60. The number of allylic oxidation sites excluding steroid dienone is 2. The zero-order chi connectivity index (χ0) is 23.4. The zero-order valence-corrected chi connectivity index (χ0v) is 23.2. The van der Waals surface area contributed by atoms with Crippen LogP contribution in [0.15, 0.2) is 83.9 Å². The Morgan fingerprint density at radius 2 is 1.32 bits per heavy atom. The maximum Gasteiger partial charge on any atom is 0.452 e. The fraction of sp³-hybridized carbons (Fsp3) is 0.219. The highest BCUT2D eigenvalue weighted by Gasteiger charge is 2.31. The SMILES string of the molecule is CC[Si](CC)=C1C(C)=[C]([Mg][C]2=C(C)Cc3ccc4ccccc4c32)c2c1ccc1ccccc21. The summed E-state index contributed by atoms with van der Waals surface area (Å²) in [6.45, 7) is 9.65. The van der Waals surface area contributed by atoms with E-state index in [1.54, 1.807) is 40.4 Å². The van der Waals surface area contributed by atoms with Crippen LogP contribution in [-0.2, 0) is 6.42 Å². The molecule has 0 N–H and O–H groups in total. The molecule has 0 unspecified atom stereocenters. The molecule has 4 aromatic rings. The van der Waals surface area contributed by atoms with Crippen molar-refractivity contribution < 1.29 is 0 Å². The highest BCUT2D eigenvalue weighted by Crippen LogP contribution is 2.43. The summed E-state index contributed by atoms with van der Waals surface area (Å²) in [4.78, 5) is 0. The maximum atomic E-state index is 2.46. The molecule has 34 heavy (non-hydrogen) atoms. The summed E-state index contributed by atoms with van der Waals surface area (Å²) in [5, 5.41) is 7.39. The first-order chi connectivity index (χ1) is 16.6. The van der Waals surface area contributed by atoms with Crippen molar-refractivity contribution in [3.63, 3.8) is 0 Å². The van der Waals surface area contributed by atoms with Crippen LogP contribution in [0.3, 0.4) is 0 Å². The van der Waals surface area contributed by atoms with Crippen LogP contribution in [-0.4, -0.2) is 33.9 Å². The topological polar surface area (TPSA) is 0 Å². The third-order valence-electron chi connectivity index (χ3n) is 8.18. The van der Waals surface area contributed by atoms with Crippen LogP contribution in [0.2, 0.25) is 12.1 Å². The third-order valence-corrected chi connectivity index (χ3v) is 13.8. The molecule has 164 valence electrons. The zero-order valence-electron chi connectivity index (χ0n) is 20.8. The van der Waals surface area contributed by atoms with Gasteiger partial charge in [0.2, 0.25) is 0 Å². The van der Waals surface area contributed by atoms with Crippen molar-refractivity contribution in [1.82, 2.24) is 0 Å². The lowest BCUT2D eigenvalue weighted by Crippen LogP contribution is -2.15. The van der Waals surface area contributed by atoms with Gasteiger partial charge in [-0.2, -0.15) is 7.40 Å². The smallest absolute Gasteiger partial charge is 0.158 e. The Hall–Kier alpha value is -2.27. The molecular formula is C32H30MgSi. The second-order valence-corrected chi connectivity index (χ2v) is 14.8. The van der Waals surface area contributed by atoms with Crippen molar-refractivity contribution in [2.24, 2.45) is 0 Å². The lowest BCUT2D eigenvalue weighted by atomic mass is 10.0. The van der Waals surface area contributed by atoms with Crippen molar-refractivity contribution in [3.05, 3.63) is 106 Å². The van der Waals surface area contributed by atoms with Gasteiger partial charge in [-0.25, -0.2) is 0 Å². The number of rotatable bonds is 4. The average molecular weight is 467 g/mol. The predicted molar refractivity (Wildman–Crippen MR) is 153 cm³/mol. The molecule has 0 aliphatic heterocycles. The molecule has 0 heterocycles. The van der Waals surface area contributed by atoms with Crippen molar-refractivity contribution in [2.75, 3.05) is 0 Å². The van der Waals surface area contributed by atoms with Gasteiger partial charge in [-0.05, 0) is 81.3 Å². The molecule has 0 bridgehead atoms. The molecule has 2 aliphatic carbocycles. The summed E-state index contributed by atoms with van der Waals surface area (Å²) < 4.78 is 3.41. The van der Waals surface area contributed by atoms with Crippen LogP contribution < -0.4 is 0 Å². The molecule has 6 rings (SSSR count). The summed E-state index contributed by atoms with van der Waals surface area (Å²) >= 11 is -0.649. The van der Waals surface area contributed by atoms with Crippen LogP contribution in [0.4, 0.5) is 0 Å². The molecular weight excluding hydrogens is 437 g/mol. The molecule has 0 saturated heterocycles. The normalized spacial score (nSPS) is 14.8. The lowest BCUT2D eigenvalue weighted by Gasteiger charge is -2.14. The van der Waals surface area contributed by atoms with E-state index >= 15 is 0 Å². The Bertz CT molecular complexity index is 1580. The first-order valence-electron chi connectivity index (χ1n) is 12.8. The molecule has 0 spiro atoms. The maximum absolute atomic E-state index is 2.46. The van der Waals surface area contributed by atoms with Gasteiger partial charge in [-0.3, -0.25) is 0 Å². The third kappa shape index (κ3) is 3.34. The molecule has 2 heteroatoms. The van der Waals surface area contributed by atoms with E-state index in [9.17, 15) is 0 Å². The molecule has 0 radical (unpaired) electrons. The van der Waals surface area contributed by atoms with E-state index in [-0.39, 0.29) is 0 Å². The summed E-state index contributed by atoms with van der Waals surface area (Å²) in [7, 11) is -0.537. The number of hydrogen-bond acceptors (Lipinski definition) is 0. The van der Waals surface area contributed by atoms with E-state index in [4.69, 9.17) is 0 Å². The first kappa shape index (κ1) is 22.2. The monoisotopic (exact) mass is 466 g/mol. The van der Waals surface area contributed by atoms with Gasteiger partial charge < -0.3 is 0 Å². The van der Waals surface area contributed by atoms with Crippen LogP contribution in [0.25, 0.3) is 28.9 Å². The number of benzene rings is 4. The summed E-state index contributed by atoms with van der Waals surface area (Å²) in [6.07, 6.45) is 1.12. The molecule has 0 fully saturated rings. The fourth-order valence-electron chi connectivity index (χ4n) is 6.47.